The number of non-ortho nitro benzene ring substituents is 1. The second kappa shape index (κ2) is 8.15. The van der Waals surface area contributed by atoms with E-state index in [0.717, 1.165) is 0 Å². The molecule has 1 saturated heterocycles. The first kappa shape index (κ1) is 19.0. The van der Waals surface area contributed by atoms with E-state index in [1.807, 2.05) is 13.8 Å². The van der Waals surface area contributed by atoms with E-state index in [9.17, 15) is 24.5 Å². The van der Waals surface area contributed by atoms with E-state index >= 15 is 0 Å². The van der Waals surface area contributed by atoms with Crippen molar-refractivity contribution in [1.82, 2.24) is 15.6 Å². The Labute approximate surface area is 148 Å². The Kier molecular flexibility index (Phi) is 5.94. The fourth-order valence-corrected chi connectivity index (χ4v) is 2.57. The number of nitrogens with zero attached hydrogens (tertiary/aromatic N) is 2. The molecule has 0 saturated carbocycles. The second-order valence-electron chi connectivity index (χ2n) is 5.27. The quantitative estimate of drug-likeness (QED) is 0.488. The molecule has 0 radical (unpaired) electrons. The van der Waals surface area contributed by atoms with E-state index in [-0.39, 0.29) is 40.9 Å². The number of nitro benzene ring substituents is 1. The number of amides is 3. The molecule has 9 heteroatoms. The van der Waals surface area contributed by atoms with Gasteiger partial charge < -0.3 is 5.32 Å². The summed E-state index contributed by atoms with van der Waals surface area (Å²) in [6, 6.07) is 4.74. The average Bonchev–Trinajstić information content (AvgIpc) is 2.64. The van der Waals surface area contributed by atoms with E-state index in [4.69, 9.17) is 0 Å². The van der Waals surface area contributed by atoms with Crippen LogP contribution in [0, 0.1) is 10.1 Å². The third-order valence-corrected chi connectivity index (χ3v) is 3.73. The smallest absolute Gasteiger partial charge is 0.278 e. The highest BCUT2D eigenvalue weighted by Crippen LogP contribution is 2.26. The van der Waals surface area contributed by atoms with Gasteiger partial charge in [-0.25, -0.2) is 0 Å². The van der Waals surface area contributed by atoms with Gasteiger partial charge in [-0.1, -0.05) is 13.8 Å². The van der Waals surface area contributed by atoms with Crippen molar-refractivity contribution in [3.63, 3.8) is 0 Å². The first-order valence-electron chi connectivity index (χ1n) is 8.14. The molecular weight excluding hydrogens is 340 g/mol. The van der Waals surface area contributed by atoms with Crippen LogP contribution in [0.5, 0.6) is 0 Å². The largest absolute Gasteiger partial charge is 0.340 e. The zero-order valence-corrected chi connectivity index (χ0v) is 14.3. The molecule has 1 unspecified atom stereocenters. The highest BCUT2D eigenvalue weighted by atomic mass is 16.6. The number of carbonyl (C=O) groups is 3. The zero-order valence-electron chi connectivity index (χ0n) is 14.3. The van der Waals surface area contributed by atoms with Crippen molar-refractivity contribution >= 4 is 34.3 Å². The lowest BCUT2D eigenvalue weighted by molar-refractivity contribution is -0.383. The van der Waals surface area contributed by atoms with Crippen LogP contribution in [0.2, 0.25) is 0 Å². The summed E-state index contributed by atoms with van der Waals surface area (Å²) in [7, 11) is 0. The topological polar surface area (TPSA) is 131 Å². The number of fused-ring (bicyclic) bond motifs is 1. The van der Waals surface area contributed by atoms with E-state index in [1.54, 1.807) is 0 Å². The molecule has 1 aromatic heterocycles. The standard InChI is InChI=1S/C15H12N4O5.C2H6/c20-12-6-4-10(15(22)18-12)17-14(21)9-3-5-11(19(23)24)8-2-1-7-16-13(8)9;1-2/h1-3,5,7,10H,4,6H2,(H,17,21)(H,18,20,22);1-2H3. The predicted molar refractivity (Wildman–Crippen MR) is 93.4 cm³/mol. The summed E-state index contributed by atoms with van der Waals surface area (Å²) < 4.78 is 0. The third kappa shape index (κ3) is 3.82. The van der Waals surface area contributed by atoms with Crippen molar-refractivity contribution in [1.29, 1.82) is 0 Å². The molecule has 136 valence electrons. The third-order valence-electron chi connectivity index (χ3n) is 3.73. The number of imide groups is 1. The Balaban J connectivity index is 0.00000117. The monoisotopic (exact) mass is 358 g/mol. The molecule has 3 amide bonds. The number of nitrogens with one attached hydrogen (secondary N) is 2. The van der Waals surface area contributed by atoms with Gasteiger partial charge in [0.2, 0.25) is 11.8 Å². The molecule has 26 heavy (non-hydrogen) atoms. The van der Waals surface area contributed by atoms with Crippen LogP contribution >= 0.6 is 0 Å². The van der Waals surface area contributed by atoms with Gasteiger partial charge in [0, 0.05) is 18.7 Å². The van der Waals surface area contributed by atoms with Gasteiger partial charge in [0.05, 0.1) is 21.4 Å². The maximum absolute atomic E-state index is 12.4. The lowest BCUT2D eigenvalue weighted by Gasteiger charge is -2.21. The minimum atomic E-state index is -0.829. The molecule has 9 nitrogen and oxygen atoms in total. The molecular formula is C17H18N4O5. The molecule has 1 aliphatic rings. The van der Waals surface area contributed by atoms with Gasteiger partial charge in [-0.2, -0.15) is 0 Å². The van der Waals surface area contributed by atoms with E-state index < -0.39 is 22.8 Å². The number of carbonyl (C=O) groups excluding carboxylic acids is 3. The highest BCUT2D eigenvalue weighted by Gasteiger charge is 2.29. The summed E-state index contributed by atoms with van der Waals surface area (Å²) in [5.74, 6) is -1.53. The van der Waals surface area contributed by atoms with Crippen molar-refractivity contribution < 1.29 is 19.3 Å². The van der Waals surface area contributed by atoms with Crippen molar-refractivity contribution in [2.45, 2.75) is 32.7 Å². The van der Waals surface area contributed by atoms with Gasteiger partial charge in [-0.15, -0.1) is 0 Å². The fourth-order valence-electron chi connectivity index (χ4n) is 2.57. The van der Waals surface area contributed by atoms with Crippen LogP contribution in [0.4, 0.5) is 5.69 Å². The van der Waals surface area contributed by atoms with E-state index in [0.29, 0.717) is 0 Å². The molecule has 1 aliphatic heterocycles. The molecule has 1 aromatic carbocycles. The van der Waals surface area contributed by atoms with Crippen molar-refractivity contribution in [3.8, 4) is 0 Å². The maximum atomic E-state index is 12.4. The van der Waals surface area contributed by atoms with E-state index in [2.05, 4.69) is 15.6 Å². The number of hydrogen-bond acceptors (Lipinski definition) is 6. The van der Waals surface area contributed by atoms with Gasteiger partial charge in [0.15, 0.2) is 0 Å². The second-order valence-corrected chi connectivity index (χ2v) is 5.27. The molecule has 2 heterocycles. The highest BCUT2D eigenvalue weighted by molar-refractivity contribution is 6.09. The van der Waals surface area contributed by atoms with Crippen LogP contribution in [-0.2, 0) is 9.59 Å². The van der Waals surface area contributed by atoms with Crippen LogP contribution < -0.4 is 10.6 Å². The summed E-state index contributed by atoms with van der Waals surface area (Å²) in [5.41, 5.74) is 0.146. The zero-order chi connectivity index (χ0) is 19.3. The number of pyridine rings is 1. The normalized spacial score (nSPS) is 16.3. The Morgan fingerprint density at radius 2 is 2.04 bits per heavy atom. The van der Waals surface area contributed by atoms with Crippen LogP contribution in [0.15, 0.2) is 30.5 Å². The molecule has 0 aliphatic carbocycles. The first-order valence-corrected chi connectivity index (χ1v) is 8.14. The summed E-state index contributed by atoms with van der Waals surface area (Å²) in [5, 5.41) is 16.0. The van der Waals surface area contributed by atoms with Crippen molar-refractivity contribution in [2.24, 2.45) is 0 Å². The molecule has 2 aromatic rings. The minimum absolute atomic E-state index is 0.126. The van der Waals surface area contributed by atoms with Gasteiger partial charge in [0.1, 0.15) is 6.04 Å². The van der Waals surface area contributed by atoms with Gasteiger partial charge in [-0.05, 0) is 24.6 Å². The summed E-state index contributed by atoms with van der Waals surface area (Å²) in [6.45, 7) is 4.00. The van der Waals surface area contributed by atoms with Gasteiger partial charge in [-0.3, -0.25) is 34.8 Å². The summed E-state index contributed by atoms with van der Waals surface area (Å²) in [6.07, 6.45) is 1.76. The molecule has 2 N–H and O–H groups in total. The van der Waals surface area contributed by atoms with Gasteiger partial charge in [0.25, 0.3) is 11.6 Å². The molecule has 1 fully saturated rings. The van der Waals surface area contributed by atoms with E-state index in [1.165, 1.54) is 30.5 Å². The Hall–Kier alpha value is -3.36. The SMILES string of the molecule is CC.O=C1CCC(NC(=O)c2ccc([N+](=O)[O-])c3cccnc23)C(=O)N1. The molecule has 0 spiro atoms. The first-order chi connectivity index (χ1) is 12.5. The number of piperidine rings is 1. The van der Waals surface area contributed by atoms with Crippen LogP contribution in [0.25, 0.3) is 10.9 Å². The lowest BCUT2D eigenvalue weighted by atomic mass is 10.0. The molecule has 0 bridgehead atoms. The Bertz CT molecular complexity index is 881. The number of benzene rings is 1. The van der Waals surface area contributed by atoms with Crippen LogP contribution in [0.3, 0.4) is 0 Å². The lowest BCUT2D eigenvalue weighted by Crippen LogP contribution is -2.52. The van der Waals surface area contributed by atoms with Crippen molar-refractivity contribution in [2.75, 3.05) is 0 Å². The van der Waals surface area contributed by atoms with Crippen molar-refractivity contribution in [3.05, 3.63) is 46.1 Å². The average molecular weight is 358 g/mol. The van der Waals surface area contributed by atoms with Gasteiger partial charge >= 0.3 is 0 Å². The molecule has 1 atom stereocenters. The van der Waals surface area contributed by atoms with Crippen LogP contribution in [0.1, 0.15) is 37.0 Å². The molecule has 3 rings (SSSR count). The predicted octanol–water partition coefficient (Wildman–Crippen LogP) is 1.70. The minimum Gasteiger partial charge on any atom is -0.340 e. The Morgan fingerprint density at radius 1 is 1.31 bits per heavy atom. The number of aromatic nitrogens is 1. The fraction of sp³-hybridized carbons (Fsp3) is 0.294. The number of hydrogen-bond donors (Lipinski definition) is 2. The maximum Gasteiger partial charge on any atom is 0.278 e. The number of rotatable bonds is 3. The number of nitro groups is 1. The summed E-state index contributed by atoms with van der Waals surface area (Å²) >= 11 is 0. The summed E-state index contributed by atoms with van der Waals surface area (Å²) in [4.78, 5) is 49.9. The van der Waals surface area contributed by atoms with Crippen LogP contribution in [-0.4, -0.2) is 33.7 Å². The Morgan fingerprint density at radius 3 is 2.69 bits per heavy atom.